The zero-order valence-electron chi connectivity index (χ0n) is 19.4. The summed E-state index contributed by atoms with van der Waals surface area (Å²) >= 11 is 0. The van der Waals surface area contributed by atoms with E-state index in [1.165, 1.54) is 64.2 Å². The minimum absolute atomic E-state index is 0.205. The Balaban J connectivity index is 1.57. The summed E-state index contributed by atoms with van der Waals surface area (Å²) in [6.45, 7) is 9.49. The largest absolute Gasteiger partial charge is 0.353 e. The third-order valence-electron chi connectivity index (χ3n) is 9.29. The molecule has 1 N–H and O–H groups in total. The van der Waals surface area contributed by atoms with Gasteiger partial charge in [0.05, 0.1) is 5.41 Å². The summed E-state index contributed by atoms with van der Waals surface area (Å²) in [5.74, 6) is 2.15. The Kier molecular flexibility index (Phi) is 6.02. The molecule has 4 atom stereocenters. The molecule has 0 heterocycles. The molecule has 2 fully saturated rings. The van der Waals surface area contributed by atoms with Crippen molar-refractivity contribution in [1.29, 1.82) is 0 Å². The van der Waals surface area contributed by atoms with Gasteiger partial charge in [-0.1, -0.05) is 77.5 Å². The van der Waals surface area contributed by atoms with Gasteiger partial charge >= 0.3 is 0 Å². The molecule has 0 spiro atoms. The fourth-order valence-electron chi connectivity index (χ4n) is 7.39. The molecule has 0 aromatic carbocycles. The number of amides is 1. The maximum Gasteiger partial charge on any atom is 0.226 e. The van der Waals surface area contributed by atoms with Crippen molar-refractivity contribution in [3.63, 3.8) is 0 Å². The van der Waals surface area contributed by atoms with Crippen molar-refractivity contribution in [3.05, 3.63) is 23.3 Å². The van der Waals surface area contributed by atoms with Gasteiger partial charge in [0, 0.05) is 6.04 Å². The van der Waals surface area contributed by atoms with Gasteiger partial charge in [0.15, 0.2) is 0 Å². The first kappa shape index (κ1) is 21.2. The summed E-state index contributed by atoms with van der Waals surface area (Å²) in [7, 11) is 0. The average molecular weight is 398 g/mol. The second-order valence-electron chi connectivity index (χ2n) is 11.4. The molecule has 4 aliphatic carbocycles. The molecule has 4 aliphatic rings. The van der Waals surface area contributed by atoms with Crippen molar-refractivity contribution in [2.45, 2.75) is 111 Å². The molecule has 0 aliphatic heterocycles. The minimum atomic E-state index is -0.205. The third kappa shape index (κ3) is 3.86. The molecule has 29 heavy (non-hydrogen) atoms. The van der Waals surface area contributed by atoms with Crippen LogP contribution in [0.2, 0.25) is 0 Å². The standard InChI is InChI=1S/C27H43NO/c1-19(2)20-12-14-23-21(18-20)13-15-24-26(23,3)16-9-17-27(24,4)25(29)28-22-10-7-5-6-8-11-22/h13,18-19,22-24H,5-12,14-17H2,1-4H3,(H,28,29)/t23-,24?,26+,27+/m0/s1. The number of rotatable bonds is 3. The molecule has 0 saturated heterocycles. The highest BCUT2D eigenvalue weighted by Crippen LogP contribution is 2.62. The van der Waals surface area contributed by atoms with Crippen LogP contribution in [0.15, 0.2) is 23.3 Å². The van der Waals surface area contributed by atoms with Gasteiger partial charge in [-0.25, -0.2) is 0 Å². The Bertz CT molecular complexity index is 681. The Morgan fingerprint density at radius 1 is 1.03 bits per heavy atom. The highest BCUT2D eigenvalue weighted by atomic mass is 16.2. The molecular formula is C27H43NO. The van der Waals surface area contributed by atoms with E-state index in [9.17, 15) is 4.79 Å². The van der Waals surface area contributed by atoms with Gasteiger partial charge in [-0.3, -0.25) is 4.79 Å². The van der Waals surface area contributed by atoms with Gasteiger partial charge < -0.3 is 5.32 Å². The van der Waals surface area contributed by atoms with Crippen LogP contribution in [-0.2, 0) is 4.79 Å². The maximum atomic E-state index is 13.7. The maximum absolute atomic E-state index is 13.7. The fourth-order valence-corrected chi connectivity index (χ4v) is 7.39. The summed E-state index contributed by atoms with van der Waals surface area (Å²) in [4.78, 5) is 13.7. The normalized spacial score (nSPS) is 38.4. The lowest BCUT2D eigenvalue weighted by atomic mass is 9.46. The van der Waals surface area contributed by atoms with Crippen LogP contribution < -0.4 is 5.32 Å². The molecule has 0 radical (unpaired) electrons. The van der Waals surface area contributed by atoms with Crippen molar-refractivity contribution < 1.29 is 4.79 Å². The first-order valence-corrected chi connectivity index (χ1v) is 12.6. The number of carbonyl (C=O) groups excluding carboxylic acids is 1. The lowest BCUT2D eigenvalue weighted by molar-refractivity contribution is -0.145. The van der Waals surface area contributed by atoms with E-state index in [1.807, 2.05) is 0 Å². The lowest BCUT2D eigenvalue weighted by Crippen LogP contribution is -2.56. The number of fused-ring (bicyclic) bond motifs is 3. The second kappa shape index (κ2) is 8.23. The molecular weight excluding hydrogens is 354 g/mol. The van der Waals surface area contributed by atoms with Crippen LogP contribution in [0.25, 0.3) is 0 Å². The highest BCUT2D eigenvalue weighted by molar-refractivity contribution is 5.83. The number of nitrogens with one attached hydrogen (secondary N) is 1. The number of hydrogen-bond acceptors (Lipinski definition) is 1. The average Bonchev–Trinajstić information content (AvgIpc) is 2.96. The predicted octanol–water partition coefficient (Wildman–Crippen LogP) is 6.96. The van der Waals surface area contributed by atoms with Gasteiger partial charge in [-0.15, -0.1) is 0 Å². The first-order valence-electron chi connectivity index (χ1n) is 12.6. The monoisotopic (exact) mass is 397 g/mol. The molecule has 2 heteroatoms. The molecule has 4 rings (SSSR count). The number of carbonyl (C=O) groups is 1. The van der Waals surface area contributed by atoms with Crippen LogP contribution in [0, 0.1) is 28.6 Å². The van der Waals surface area contributed by atoms with Gasteiger partial charge in [0.1, 0.15) is 0 Å². The van der Waals surface area contributed by atoms with Crippen molar-refractivity contribution in [3.8, 4) is 0 Å². The van der Waals surface area contributed by atoms with Crippen LogP contribution in [0.3, 0.4) is 0 Å². The number of hydrogen-bond donors (Lipinski definition) is 1. The summed E-state index contributed by atoms with van der Waals surface area (Å²) in [5.41, 5.74) is 3.28. The van der Waals surface area contributed by atoms with E-state index in [1.54, 1.807) is 11.1 Å². The minimum Gasteiger partial charge on any atom is -0.353 e. The van der Waals surface area contributed by atoms with E-state index in [0.29, 0.717) is 29.7 Å². The molecule has 2 nitrogen and oxygen atoms in total. The summed E-state index contributed by atoms with van der Waals surface area (Å²) < 4.78 is 0. The van der Waals surface area contributed by atoms with Crippen molar-refractivity contribution >= 4 is 5.91 Å². The van der Waals surface area contributed by atoms with Gasteiger partial charge in [-0.05, 0) is 73.7 Å². The molecule has 162 valence electrons. The Hall–Kier alpha value is -1.05. The summed E-state index contributed by atoms with van der Waals surface area (Å²) in [6.07, 6.45) is 19.8. The lowest BCUT2D eigenvalue weighted by Gasteiger charge is -2.57. The quantitative estimate of drug-likeness (QED) is 0.512. The zero-order valence-corrected chi connectivity index (χ0v) is 19.4. The molecule has 2 saturated carbocycles. The summed E-state index contributed by atoms with van der Waals surface area (Å²) in [5, 5.41) is 3.54. The van der Waals surface area contributed by atoms with Crippen molar-refractivity contribution in [2.75, 3.05) is 0 Å². The predicted molar refractivity (Wildman–Crippen MR) is 122 cm³/mol. The molecule has 1 unspecified atom stereocenters. The van der Waals surface area contributed by atoms with E-state index in [4.69, 9.17) is 0 Å². The Morgan fingerprint density at radius 2 is 1.76 bits per heavy atom. The van der Waals surface area contributed by atoms with E-state index in [2.05, 4.69) is 45.2 Å². The summed E-state index contributed by atoms with van der Waals surface area (Å²) in [6, 6.07) is 0.413. The van der Waals surface area contributed by atoms with Crippen LogP contribution in [0.4, 0.5) is 0 Å². The van der Waals surface area contributed by atoms with Gasteiger partial charge in [0.25, 0.3) is 0 Å². The first-order chi connectivity index (χ1) is 13.8. The van der Waals surface area contributed by atoms with E-state index in [-0.39, 0.29) is 10.8 Å². The highest BCUT2D eigenvalue weighted by Gasteiger charge is 2.57. The molecule has 0 aromatic rings. The SMILES string of the molecule is CC(C)C1=CC2=CCC3[C@](C)(C(=O)NC4CCCCCC4)CCC[C@]3(C)[C@H]2CC1. The van der Waals surface area contributed by atoms with Crippen molar-refractivity contribution in [2.24, 2.45) is 28.6 Å². The zero-order chi connectivity index (χ0) is 20.6. The van der Waals surface area contributed by atoms with Crippen LogP contribution in [0.5, 0.6) is 0 Å². The molecule has 0 bridgehead atoms. The third-order valence-corrected chi connectivity index (χ3v) is 9.29. The Labute approximate surface area is 179 Å². The van der Waals surface area contributed by atoms with Crippen LogP contribution >= 0.6 is 0 Å². The number of allylic oxidation sites excluding steroid dienone is 4. The Morgan fingerprint density at radius 3 is 2.45 bits per heavy atom. The van der Waals surface area contributed by atoms with E-state index < -0.39 is 0 Å². The van der Waals surface area contributed by atoms with Crippen molar-refractivity contribution in [1.82, 2.24) is 5.32 Å². The van der Waals surface area contributed by atoms with Crippen LogP contribution in [0.1, 0.15) is 105 Å². The van der Waals surface area contributed by atoms with Gasteiger partial charge in [-0.2, -0.15) is 0 Å². The van der Waals surface area contributed by atoms with Crippen LogP contribution in [-0.4, -0.2) is 11.9 Å². The second-order valence-corrected chi connectivity index (χ2v) is 11.4. The molecule has 1 amide bonds. The van der Waals surface area contributed by atoms with E-state index >= 15 is 0 Å². The van der Waals surface area contributed by atoms with Gasteiger partial charge in [0.2, 0.25) is 5.91 Å². The smallest absolute Gasteiger partial charge is 0.226 e. The van der Waals surface area contributed by atoms with E-state index in [0.717, 1.165) is 12.8 Å². The fraction of sp³-hybridized carbons (Fsp3) is 0.815. The molecule has 0 aromatic heterocycles. The topological polar surface area (TPSA) is 29.1 Å².